The van der Waals surface area contributed by atoms with Crippen LogP contribution in [0, 0.1) is 11.3 Å². The molecule has 1 aromatic rings. The molecule has 1 atom stereocenters. The van der Waals surface area contributed by atoms with Crippen LogP contribution in [0.5, 0.6) is 0 Å². The van der Waals surface area contributed by atoms with Crippen molar-refractivity contribution in [3.8, 4) is 6.07 Å². The largest absolute Gasteiger partial charge is 0.225 e. The summed E-state index contributed by atoms with van der Waals surface area (Å²) in [7, 11) is -3.53. The topological polar surface area (TPSA) is 70.0 Å². The van der Waals surface area contributed by atoms with Crippen molar-refractivity contribution in [1.82, 2.24) is 4.72 Å². The van der Waals surface area contributed by atoms with Gasteiger partial charge in [-0.1, -0.05) is 23.7 Å². The van der Waals surface area contributed by atoms with E-state index in [1.54, 1.807) is 37.3 Å². The lowest BCUT2D eigenvalue weighted by Crippen LogP contribution is -2.28. The van der Waals surface area contributed by atoms with Crippen molar-refractivity contribution in [2.75, 3.05) is 5.75 Å². The van der Waals surface area contributed by atoms with Crippen molar-refractivity contribution >= 4 is 21.6 Å². The number of nitriles is 1. The van der Waals surface area contributed by atoms with E-state index in [0.29, 0.717) is 5.02 Å². The third kappa shape index (κ3) is 3.81. The molecule has 0 saturated heterocycles. The maximum Gasteiger partial charge on any atom is 0.225 e. The van der Waals surface area contributed by atoms with Crippen molar-refractivity contribution in [3.05, 3.63) is 34.9 Å². The second kappa shape index (κ2) is 5.30. The van der Waals surface area contributed by atoms with Crippen LogP contribution in [-0.4, -0.2) is 14.2 Å². The Labute approximate surface area is 99.9 Å². The van der Waals surface area contributed by atoms with Gasteiger partial charge in [-0.2, -0.15) is 5.26 Å². The Hall–Kier alpha value is -1.09. The molecule has 0 saturated carbocycles. The Kier molecular flexibility index (Phi) is 4.30. The molecule has 0 amide bonds. The van der Waals surface area contributed by atoms with E-state index >= 15 is 0 Å². The first-order chi connectivity index (χ1) is 7.44. The van der Waals surface area contributed by atoms with Gasteiger partial charge in [0.2, 0.25) is 10.0 Å². The summed E-state index contributed by atoms with van der Waals surface area (Å²) in [6, 6.07) is 8.07. The standard InChI is InChI=1S/C10H11ClN2O2S/c1-8(13-16(14,15)7-6-12)9-2-4-10(11)5-3-9/h2-5,8,13H,7H2,1H3. The number of halogens is 1. The summed E-state index contributed by atoms with van der Waals surface area (Å²) >= 11 is 5.72. The molecule has 0 heterocycles. The second-order valence-corrected chi connectivity index (χ2v) is 5.50. The van der Waals surface area contributed by atoms with Gasteiger partial charge in [-0.05, 0) is 24.6 Å². The van der Waals surface area contributed by atoms with Gasteiger partial charge in [0, 0.05) is 11.1 Å². The third-order valence-corrected chi connectivity index (χ3v) is 3.45. The number of sulfonamides is 1. The first-order valence-electron chi connectivity index (χ1n) is 4.57. The third-order valence-electron chi connectivity index (χ3n) is 1.98. The van der Waals surface area contributed by atoms with E-state index < -0.39 is 15.8 Å². The zero-order valence-electron chi connectivity index (χ0n) is 8.64. The molecule has 0 aliphatic rings. The summed E-state index contributed by atoms with van der Waals surface area (Å²) in [4.78, 5) is 0. The number of nitrogens with zero attached hydrogens (tertiary/aromatic N) is 1. The van der Waals surface area contributed by atoms with Crippen molar-refractivity contribution in [2.45, 2.75) is 13.0 Å². The molecular formula is C10H11ClN2O2S. The van der Waals surface area contributed by atoms with Crippen molar-refractivity contribution in [2.24, 2.45) is 0 Å². The molecule has 0 aliphatic carbocycles. The number of rotatable bonds is 4. The highest BCUT2D eigenvalue weighted by atomic mass is 35.5. The predicted octanol–water partition coefficient (Wildman–Crippen LogP) is 1.84. The van der Waals surface area contributed by atoms with Gasteiger partial charge in [-0.25, -0.2) is 13.1 Å². The Morgan fingerprint density at radius 3 is 2.50 bits per heavy atom. The molecule has 0 radical (unpaired) electrons. The molecule has 0 aliphatic heterocycles. The first-order valence-corrected chi connectivity index (χ1v) is 6.60. The highest BCUT2D eigenvalue weighted by Gasteiger charge is 2.14. The van der Waals surface area contributed by atoms with E-state index in [2.05, 4.69) is 4.72 Å². The van der Waals surface area contributed by atoms with E-state index in [0.717, 1.165) is 5.56 Å². The highest BCUT2D eigenvalue weighted by molar-refractivity contribution is 7.89. The summed E-state index contributed by atoms with van der Waals surface area (Å²) < 4.78 is 25.0. The number of hydrogen-bond acceptors (Lipinski definition) is 3. The van der Waals surface area contributed by atoms with E-state index in [9.17, 15) is 8.42 Å². The lowest BCUT2D eigenvalue weighted by molar-refractivity contribution is 0.570. The highest BCUT2D eigenvalue weighted by Crippen LogP contribution is 2.16. The minimum Gasteiger partial charge on any atom is -0.211 e. The molecule has 16 heavy (non-hydrogen) atoms. The molecule has 0 bridgehead atoms. The van der Waals surface area contributed by atoms with E-state index in [4.69, 9.17) is 16.9 Å². The summed E-state index contributed by atoms with van der Waals surface area (Å²) in [5, 5.41) is 8.93. The second-order valence-electron chi connectivity index (χ2n) is 3.31. The maximum atomic E-state index is 11.3. The van der Waals surface area contributed by atoms with Crippen LogP contribution in [0.3, 0.4) is 0 Å². The minimum absolute atomic E-state index is 0.379. The lowest BCUT2D eigenvalue weighted by atomic mass is 10.1. The Bertz CT molecular complexity index is 491. The predicted molar refractivity (Wildman–Crippen MR) is 62.4 cm³/mol. The Morgan fingerprint density at radius 2 is 2.00 bits per heavy atom. The van der Waals surface area contributed by atoms with Gasteiger partial charge < -0.3 is 0 Å². The smallest absolute Gasteiger partial charge is 0.211 e. The maximum absolute atomic E-state index is 11.3. The van der Waals surface area contributed by atoms with Crippen LogP contribution in [0.15, 0.2) is 24.3 Å². The van der Waals surface area contributed by atoms with Crippen LogP contribution in [0.4, 0.5) is 0 Å². The van der Waals surface area contributed by atoms with Crippen molar-refractivity contribution < 1.29 is 8.42 Å². The molecule has 1 aromatic carbocycles. The molecule has 0 spiro atoms. The van der Waals surface area contributed by atoms with Crippen LogP contribution in [0.1, 0.15) is 18.5 Å². The van der Waals surface area contributed by atoms with Gasteiger partial charge in [0.25, 0.3) is 0 Å². The van der Waals surface area contributed by atoms with E-state index in [-0.39, 0.29) is 6.04 Å². The molecule has 1 N–H and O–H groups in total. The van der Waals surface area contributed by atoms with Gasteiger partial charge >= 0.3 is 0 Å². The quantitative estimate of drug-likeness (QED) is 0.896. The Balaban J connectivity index is 2.77. The summed E-state index contributed by atoms with van der Waals surface area (Å²) in [5.41, 5.74) is 0.797. The first kappa shape index (κ1) is 13.0. The molecule has 86 valence electrons. The molecule has 1 rings (SSSR count). The zero-order valence-corrected chi connectivity index (χ0v) is 10.2. The van der Waals surface area contributed by atoms with Crippen LogP contribution >= 0.6 is 11.6 Å². The fourth-order valence-electron chi connectivity index (χ4n) is 1.22. The minimum atomic E-state index is -3.53. The molecule has 4 nitrogen and oxygen atoms in total. The number of benzene rings is 1. The molecule has 6 heteroatoms. The van der Waals surface area contributed by atoms with Gasteiger partial charge in [-0.3, -0.25) is 0 Å². The molecular weight excluding hydrogens is 248 g/mol. The fraction of sp³-hybridized carbons (Fsp3) is 0.300. The lowest BCUT2D eigenvalue weighted by Gasteiger charge is -2.13. The van der Waals surface area contributed by atoms with Gasteiger partial charge in [0.05, 0.1) is 6.07 Å². The van der Waals surface area contributed by atoms with Gasteiger partial charge in [0.15, 0.2) is 5.75 Å². The van der Waals surface area contributed by atoms with Crippen LogP contribution in [-0.2, 0) is 10.0 Å². The fourth-order valence-corrected chi connectivity index (χ4v) is 2.27. The summed E-state index contributed by atoms with van der Waals surface area (Å²) in [6.45, 7) is 1.71. The van der Waals surface area contributed by atoms with Crippen LogP contribution in [0.25, 0.3) is 0 Å². The SMILES string of the molecule is CC(NS(=O)(=O)CC#N)c1ccc(Cl)cc1. The average molecular weight is 259 g/mol. The van der Waals surface area contributed by atoms with Crippen molar-refractivity contribution in [1.29, 1.82) is 5.26 Å². The summed E-state index contributed by atoms with van der Waals surface area (Å²) in [5.74, 6) is -0.537. The number of nitrogens with one attached hydrogen (secondary N) is 1. The van der Waals surface area contributed by atoms with Gasteiger partial charge in [0.1, 0.15) is 0 Å². The summed E-state index contributed by atoms with van der Waals surface area (Å²) in [6.07, 6.45) is 0. The molecule has 0 fully saturated rings. The normalized spacial score (nSPS) is 13.1. The molecule has 0 aromatic heterocycles. The molecule has 1 unspecified atom stereocenters. The number of hydrogen-bond donors (Lipinski definition) is 1. The Morgan fingerprint density at radius 1 is 1.44 bits per heavy atom. The van der Waals surface area contributed by atoms with Gasteiger partial charge in [-0.15, -0.1) is 0 Å². The van der Waals surface area contributed by atoms with Crippen LogP contribution in [0.2, 0.25) is 5.02 Å². The van der Waals surface area contributed by atoms with E-state index in [1.807, 2.05) is 0 Å². The van der Waals surface area contributed by atoms with E-state index in [1.165, 1.54) is 0 Å². The van der Waals surface area contributed by atoms with Crippen LogP contribution < -0.4 is 4.72 Å². The monoisotopic (exact) mass is 258 g/mol. The zero-order chi connectivity index (χ0) is 12.2. The van der Waals surface area contributed by atoms with Crippen molar-refractivity contribution in [3.63, 3.8) is 0 Å². The average Bonchev–Trinajstić information content (AvgIpc) is 2.17.